The van der Waals surface area contributed by atoms with Crippen LogP contribution in [0.2, 0.25) is 5.02 Å². The van der Waals surface area contributed by atoms with Gasteiger partial charge in [0.15, 0.2) is 11.6 Å². The van der Waals surface area contributed by atoms with E-state index in [1.54, 1.807) is 6.20 Å². The molecule has 0 saturated heterocycles. The number of carboxylic acid groups (broad SMARTS) is 1. The molecule has 7 heteroatoms. The van der Waals surface area contributed by atoms with Gasteiger partial charge < -0.3 is 5.11 Å². The van der Waals surface area contributed by atoms with Gasteiger partial charge in [0.25, 0.3) is 0 Å². The Labute approximate surface area is 174 Å². The summed E-state index contributed by atoms with van der Waals surface area (Å²) in [5, 5.41) is 10.4. The summed E-state index contributed by atoms with van der Waals surface area (Å²) in [6.07, 6.45) is 9.50. The second-order valence-electron chi connectivity index (χ2n) is 7.92. The molecule has 1 fully saturated rings. The van der Waals surface area contributed by atoms with E-state index in [1.807, 2.05) is 19.1 Å². The van der Waals surface area contributed by atoms with E-state index in [1.165, 1.54) is 6.20 Å². The fourth-order valence-corrected chi connectivity index (χ4v) is 4.96. The molecule has 152 valence electrons. The summed E-state index contributed by atoms with van der Waals surface area (Å²) >= 11 is 6.09. The molecule has 1 N–H and O–H groups in total. The third-order valence-corrected chi connectivity index (χ3v) is 6.69. The molecule has 2 atom stereocenters. The van der Waals surface area contributed by atoms with E-state index in [-0.39, 0.29) is 11.6 Å². The van der Waals surface area contributed by atoms with Gasteiger partial charge in [0.1, 0.15) is 0 Å². The number of fused-ring (bicyclic) bond motifs is 1. The zero-order chi connectivity index (χ0) is 20.6. The molecule has 2 aromatic heterocycles. The minimum Gasteiger partial charge on any atom is -0.481 e. The van der Waals surface area contributed by atoms with Crippen LogP contribution in [0, 0.1) is 17.2 Å². The van der Waals surface area contributed by atoms with Crippen LogP contribution < -0.4 is 0 Å². The third-order valence-electron chi connectivity index (χ3n) is 6.49. The lowest BCUT2D eigenvalue weighted by atomic mass is 9.63. The lowest BCUT2D eigenvalue weighted by molar-refractivity contribution is -0.155. The van der Waals surface area contributed by atoms with Crippen LogP contribution >= 0.6 is 11.6 Å². The fraction of sp³-hybridized carbons (Fsp3) is 0.455. The summed E-state index contributed by atoms with van der Waals surface area (Å²) in [5.41, 5.74) is 2.01. The van der Waals surface area contributed by atoms with E-state index in [0.29, 0.717) is 36.5 Å². The molecule has 0 spiro atoms. The number of hydrogen-bond acceptors (Lipinski definition) is 4. The van der Waals surface area contributed by atoms with E-state index in [2.05, 4.69) is 15.0 Å². The number of hydrogen-bond donors (Lipinski definition) is 1. The average molecular weight is 416 g/mol. The fourth-order valence-electron chi connectivity index (χ4n) is 4.80. The number of halogens is 2. The first-order chi connectivity index (χ1) is 13.9. The van der Waals surface area contributed by atoms with Crippen molar-refractivity contribution >= 4 is 23.1 Å². The van der Waals surface area contributed by atoms with Crippen LogP contribution in [0.25, 0.3) is 5.57 Å². The van der Waals surface area contributed by atoms with Crippen LogP contribution in [0.4, 0.5) is 4.39 Å². The smallest absolute Gasteiger partial charge is 0.309 e. The Morgan fingerprint density at radius 2 is 2.17 bits per heavy atom. The Morgan fingerprint density at radius 3 is 2.93 bits per heavy atom. The van der Waals surface area contributed by atoms with Crippen molar-refractivity contribution in [2.75, 3.05) is 0 Å². The molecule has 2 aliphatic carbocycles. The maximum Gasteiger partial charge on any atom is 0.309 e. The van der Waals surface area contributed by atoms with Gasteiger partial charge in [-0.1, -0.05) is 37.4 Å². The molecule has 0 aliphatic heterocycles. The molecule has 5 nitrogen and oxygen atoms in total. The first-order valence-corrected chi connectivity index (χ1v) is 10.4. The average Bonchev–Trinajstić information content (AvgIpc) is 3.13. The molecule has 2 aromatic rings. The minimum absolute atomic E-state index is 0.142. The van der Waals surface area contributed by atoms with Gasteiger partial charge in [-0.3, -0.25) is 9.78 Å². The van der Waals surface area contributed by atoms with Crippen molar-refractivity contribution in [3.8, 4) is 0 Å². The van der Waals surface area contributed by atoms with Crippen molar-refractivity contribution in [1.29, 1.82) is 0 Å². The highest BCUT2D eigenvalue weighted by atomic mass is 35.5. The molecule has 0 amide bonds. The first kappa shape index (κ1) is 20.0. The van der Waals surface area contributed by atoms with Crippen molar-refractivity contribution in [3.05, 3.63) is 58.2 Å². The monoisotopic (exact) mass is 415 g/mol. The third kappa shape index (κ3) is 3.54. The summed E-state index contributed by atoms with van der Waals surface area (Å²) in [5.74, 6) is -0.986. The standard InChI is InChI=1S/C22H23ClFN3O2/c1-2-22(21(28)29)8-4-3-5-13(22)9-19-17(24)12-26-20(27-19)15-6-7-18-16(15)10-14(23)11-25-18/h6,10-13H,2-5,7-9H2,1H3,(H,28,29)/t13-,22+/m0/s1. The number of aliphatic carboxylic acids is 1. The maximum atomic E-state index is 14.6. The largest absolute Gasteiger partial charge is 0.481 e. The molecule has 0 unspecified atom stereocenters. The molecule has 0 bridgehead atoms. The van der Waals surface area contributed by atoms with Gasteiger partial charge in [0, 0.05) is 23.8 Å². The topological polar surface area (TPSA) is 76.0 Å². The molecular weight excluding hydrogens is 393 g/mol. The van der Waals surface area contributed by atoms with Crippen molar-refractivity contribution in [2.24, 2.45) is 11.3 Å². The summed E-state index contributed by atoms with van der Waals surface area (Å²) in [4.78, 5) is 25.1. The van der Waals surface area contributed by atoms with Crippen LogP contribution in [-0.4, -0.2) is 26.0 Å². The van der Waals surface area contributed by atoms with Gasteiger partial charge in [-0.05, 0) is 37.7 Å². The number of aromatic nitrogens is 3. The summed E-state index contributed by atoms with van der Waals surface area (Å²) in [6.45, 7) is 1.91. The maximum absolute atomic E-state index is 14.6. The predicted molar refractivity (Wildman–Crippen MR) is 108 cm³/mol. The van der Waals surface area contributed by atoms with Crippen LogP contribution in [0.3, 0.4) is 0 Å². The molecule has 4 rings (SSSR count). The first-order valence-electron chi connectivity index (χ1n) is 10.0. The van der Waals surface area contributed by atoms with Gasteiger partial charge in [0.2, 0.25) is 0 Å². The lowest BCUT2D eigenvalue weighted by Crippen LogP contribution is -2.42. The van der Waals surface area contributed by atoms with E-state index in [9.17, 15) is 14.3 Å². The highest BCUT2D eigenvalue weighted by Crippen LogP contribution is 2.46. The summed E-state index contributed by atoms with van der Waals surface area (Å²) in [6, 6.07) is 1.82. The van der Waals surface area contributed by atoms with E-state index in [0.717, 1.165) is 36.1 Å². The zero-order valence-electron chi connectivity index (χ0n) is 16.3. The number of carbonyl (C=O) groups is 1. The molecule has 1 saturated carbocycles. The summed E-state index contributed by atoms with van der Waals surface area (Å²) < 4.78 is 14.6. The van der Waals surface area contributed by atoms with Gasteiger partial charge >= 0.3 is 5.97 Å². The molecule has 2 aliphatic rings. The van der Waals surface area contributed by atoms with E-state index >= 15 is 0 Å². The van der Waals surface area contributed by atoms with E-state index < -0.39 is 17.2 Å². The van der Waals surface area contributed by atoms with Crippen molar-refractivity contribution in [3.63, 3.8) is 0 Å². The van der Waals surface area contributed by atoms with Crippen molar-refractivity contribution in [2.45, 2.75) is 51.9 Å². The Bertz CT molecular complexity index is 994. The molecular formula is C22H23ClFN3O2. The Kier molecular flexibility index (Phi) is 5.38. The zero-order valence-corrected chi connectivity index (χ0v) is 17.0. The number of nitrogens with zero attached hydrogens (tertiary/aromatic N) is 3. The van der Waals surface area contributed by atoms with Gasteiger partial charge in [-0.25, -0.2) is 14.4 Å². The normalized spacial score (nSPS) is 23.6. The number of pyridine rings is 1. The molecule has 0 radical (unpaired) electrons. The Morgan fingerprint density at radius 1 is 1.34 bits per heavy atom. The number of rotatable bonds is 5. The highest BCUT2D eigenvalue weighted by Gasteiger charge is 2.46. The van der Waals surface area contributed by atoms with Gasteiger partial charge in [-0.2, -0.15) is 0 Å². The molecule has 0 aromatic carbocycles. The predicted octanol–water partition coefficient (Wildman–Crippen LogP) is 4.87. The summed E-state index contributed by atoms with van der Waals surface area (Å²) in [7, 11) is 0. The quantitative estimate of drug-likeness (QED) is 0.754. The SMILES string of the molecule is CC[C@@]1(C(=O)O)CCCC[C@H]1Cc1nc(C2=CCc3ncc(Cl)cc32)ncc1F. The van der Waals surface area contributed by atoms with Crippen LogP contribution in [-0.2, 0) is 17.6 Å². The van der Waals surface area contributed by atoms with Crippen LogP contribution in [0.5, 0.6) is 0 Å². The lowest BCUT2D eigenvalue weighted by Gasteiger charge is -2.40. The Hall–Kier alpha value is -2.34. The highest BCUT2D eigenvalue weighted by molar-refractivity contribution is 6.30. The van der Waals surface area contributed by atoms with Crippen molar-refractivity contribution < 1.29 is 14.3 Å². The second kappa shape index (κ2) is 7.82. The molecule has 2 heterocycles. The number of allylic oxidation sites excluding steroid dienone is 1. The van der Waals surface area contributed by atoms with Crippen LogP contribution in [0.15, 0.2) is 24.5 Å². The van der Waals surface area contributed by atoms with E-state index in [4.69, 9.17) is 11.6 Å². The van der Waals surface area contributed by atoms with Gasteiger partial charge in [-0.15, -0.1) is 0 Å². The van der Waals surface area contributed by atoms with Crippen molar-refractivity contribution in [1.82, 2.24) is 15.0 Å². The Balaban J connectivity index is 1.67. The molecule has 29 heavy (non-hydrogen) atoms. The number of carboxylic acids is 1. The second-order valence-corrected chi connectivity index (χ2v) is 8.36. The minimum atomic E-state index is -0.813. The van der Waals surface area contributed by atoms with Crippen LogP contribution in [0.1, 0.15) is 61.8 Å². The van der Waals surface area contributed by atoms with Gasteiger partial charge in [0.05, 0.1) is 28.0 Å².